The van der Waals surface area contributed by atoms with Gasteiger partial charge in [-0.2, -0.15) is 0 Å². The molecule has 0 unspecified atom stereocenters. The number of furan rings is 1. The van der Waals surface area contributed by atoms with Crippen LogP contribution in [0.3, 0.4) is 0 Å². The smallest absolute Gasteiger partial charge is 0.459 e. The number of hydrogen-bond donors (Lipinski definition) is 2. The first-order chi connectivity index (χ1) is 12.6. The van der Waals surface area contributed by atoms with E-state index in [1.165, 1.54) is 18.4 Å². The summed E-state index contributed by atoms with van der Waals surface area (Å²) in [6.45, 7) is 2.71. The number of benzene rings is 1. The van der Waals surface area contributed by atoms with E-state index in [9.17, 15) is 14.4 Å². The molecule has 0 spiro atoms. The second-order valence-corrected chi connectivity index (χ2v) is 5.15. The SMILES string of the molecule is CCOC(=O)Oc1ccc(C(=O)NCCCNC(=O)c2ccco2)cc1. The standard InChI is InChI=1S/C18H20N2O6/c1-2-24-18(23)26-14-8-6-13(7-9-14)16(21)19-10-4-11-20-17(22)15-5-3-12-25-15/h3,5-9,12H,2,4,10-11H2,1H3,(H,19,21)(H,20,22). The Kier molecular flexibility index (Phi) is 7.23. The molecule has 1 aromatic heterocycles. The van der Waals surface area contributed by atoms with E-state index in [2.05, 4.69) is 15.4 Å². The van der Waals surface area contributed by atoms with Crippen LogP contribution in [0.15, 0.2) is 47.1 Å². The van der Waals surface area contributed by atoms with Crippen molar-refractivity contribution < 1.29 is 28.3 Å². The van der Waals surface area contributed by atoms with Crippen LogP contribution in [0.1, 0.15) is 34.3 Å². The van der Waals surface area contributed by atoms with Gasteiger partial charge in [0.1, 0.15) is 5.75 Å². The lowest BCUT2D eigenvalue weighted by Crippen LogP contribution is -2.29. The second kappa shape index (κ2) is 9.87. The van der Waals surface area contributed by atoms with E-state index in [1.54, 1.807) is 31.2 Å². The zero-order valence-electron chi connectivity index (χ0n) is 14.3. The van der Waals surface area contributed by atoms with Crippen LogP contribution in [0, 0.1) is 0 Å². The molecule has 8 nitrogen and oxygen atoms in total. The van der Waals surface area contributed by atoms with Gasteiger partial charge < -0.3 is 24.5 Å². The molecule has 0 saturated heterocycles. The number of hydrogen-bond acceptors (Lipinski definition) is 6. The number of rotatable bonds is 8. The average molecular weight is 360 g/mol. The predicted octanol–water partition coefficient (Wildman–Crippen LogP) is 2.36. The fourth-order valence-corrected chi connectivity index (χ4v) is 2.01. The van der Waals surface area contributed by atoms with E-state index in [0.29, 0.717) is 30.8 Å². The first kappa shape index (κ1) is 19.0. The molecule has 0 aliphatic rings. The molecule has 0 radical (unpaired) electrons. The molecule has 0 aliphatic carbocycles. The molecule has 0 fully saturated rings. The van der Waals surface area contributed by atoms with Crippen LogP contribution in [-0.4, -0.2) is 37.7 Å². The molecular formula is C18H20N2O6. The van der Waals surface area contributed by atoms with Crippen molar-refractivity contribution in [2.24, 2.45) is 0 Å². The molecule has 2 aromatic rings. The molecule has 2 N–H and O–H groups in total. The minimum absolute atomic E-state index is 0.224. The average Bonchev–Trinajstić information content (AvgIpc) is 3.16. The molecule has 8 heteroatoms. The highest BCUT2D eigenvalue weighted by molar-refractivity contribution is 5.94. The lowest BCUT2D eigenvalue weighted by atomic mass is 10.2. The van der Waals surface area contributed by atoms with Gasteiger partial charge in [-0.15, -0.1) is 0 Å². The molecule has 2 amide bonds. The molecule has 138 valence electrons. The van der Waals surface area contributed by atoms with Crippen LogP contribution < -0.4 is 15.4 Å². The molecule has 0 aliphatic heterocycles. The monoisotopic (exact) mass is 360 g/mol. The van der Waals surface area contributed by atoms with Gasteiger partial charge in [0.15, 0.2) is 5.76 Å². The minimum atomic E-state index is -0.790. The van der Waals surface area contributed by atoms with Crippen molar-refractivity contribution in [3.05, 3.63) is 54.0 Å². The summed E-state index contributed by atoms with van der Waals surface area (Å²) >= 11 is 0. The first-order valence-electron chi connectivity index (χ1n) is 8.14. The third kappa shape index (κ3) is 5.97. The van der Waals surface area contributed by atoms with Gasteiger partial charge in [0.25, 0.3) is 11.8 Å². The van der Waals surface area contributed by atoms with Crippen molar-refractivity contribution in [3.8, 4) is 5.75 Å². The van der Waals surface area contributed by atoms with Crippen molar-refractivity contribution in [2.75, 3.05) is 19.7 Å². The van der Waals surface area contributed by atoms with Gasteiger partial charge in [-0.05, 0) is 49.7 Å². The topological polar surface area (TPSA) is 107 Å². The fraction of sp³-hybridized carbons (Fsp3) is 0.278. The Bertz CT molecular complexity index is 725. The Morgan fingerprint density at radius 1 is 1.00 bits per heavy atom. The van der Waals surface area contributed by atoms with Crippen LogP contribution in [0.5, 0.6) is 5.75 Å². The zero-order chi connectivity index (χ0) is 18.8. The number of nitrogens with one attached hydrogen (secondary N) is 2. The number of carbonyl (C=O) groups is 3. The Morgan fingerprint density at radius 2 is 1.69 bits per heavy atom. The minimum Gasteiger partial charge on any atom is -0.459 e. The molecule has 0 saturated carbocycles. The highest BCUT2D eigenvalue weighted by Crippen LogP contribution is 2.13. The Hall–Kier alpha value is -3.29. The molecule has 2 rings (SSSR count). The van der Waals surface area contributed by atoms with Crippen molar-refractivity contribution in [1.82, 2.24) is 10.6 Å². The number of ether oxygens (including phenoxy) is 2. The van der Waals surface area contributed by atoms with Gasteiger partial charge in [-0.25, -0.2) is 4.79 Å². The van der Waals surface area contributed by atoms with Crippen LogP contribution >= 0.6 is 0 Å². The quantitative estimate of drug-likeness (QED) is 0.425. The summed E-state index contributed by atoms with van der Waals surface area (Å²) in [5, 5.41) is 5.43. The number of amides is 2. The van der Waals surface area contributed by atoms with Gasteiger partial charge >= 0.3 is 6.16 Å². The highest BCUT2D eigenvalue weighted by Gasteiger charge is 2.09. The normalized spacial score (nSPS) is 10.0. The van der Waals surface area contributed by atoms with Gasteiger partial charge in [0.2, 0.25) is 0 Å². The summed E-state index contributed by atoms with van der Waals surface area (Å²) < 4.78 is 14.6. The lowest BCUT2D eigenvalue weighted by molar-refractivity contribution is 0.0925. The number of carbonyl (C=O) groups excluding carboxylic acids is 3. The van der Waals surface area contributed by atoms with Crippen LogP contribution in [0.4, 0.5) is 4.79 Å². The summed E-state index contributed by atoms with van der Waals surface area (Å²) in [6, 6.07) is 9.32. The van der Waals surface area contributed by atoms with E-state index in [1.807, 2.05) is 0 Å². The van der Waals surface area contributed by atoms with Gasteiger partial charge in [-0.1, -0.05) is 0 Å². The summed E-state index contributed by atoms with van der Waals surface area (Å²) in [5.74, 6) is -0.0108. The zero-order valence-corrected chi connectivity index (χ0v) is 14.3. The summed E-state index contributed by atoms with van der Waals surface area (Å²) in [4.78, 5) is 34.9. The third-order valence-electron chi connectivity index (χ3n) is 3.25. The summed E-state index contributed by atoms with van der Waals surface area (Å²) in [7, 11) is 0. The van der Waals surface area contributed by atoms with Gasteiger partial charge in [0, 0.05) is 18.7 Å². The molecule has 26 heavy (non-hydrogen) atoms. The van der Waals surface area contributed by atoms with Crippen molar-refractivity contribution in [1.29, 1.82) is 0 Å². The van der Waals surface area contributed by atoms with Gasteiger partial charge in [-0.3, -0.25) is 9.59 Å². The maximum atomic E-state index is 12.0. The maximum Gasteiger partial charge on any atom is 0.513 e. The Labute approximate surface area is 150 Å². The molecular weight excluding hydrogens is 340 g/mol. The molecule has 1 aromatic carbocycles. The molecule has 1 heterocycles. The Balaban J connectivity index is 1.67. The van der Waals surface area contributed by atoms with Gasteiger partial charge in [0.05, 0.1) is 12.9 Å². The molecule has 0 atom stereocenters. The predicted molar refractivity (Wildman–Crippen MR) is 92.1 cm³/mol. The maximum absolute atomic E-state index is 12.0. The largest absolute Gasteiger partial charge is 0.513 e. The highest BCUT2D eigenvalue weighted by atomic mass is 16.7. The summed E-state index contributed by atoms with van der Waals surface area (Å²) in [5.41, 5.74) is 0.431. The van der Waals surface area contributed by atoms with Crippen LogP contribution in [-0.2, 0) is 4.74 Å². The van der Waals surface area contributed by atoms with Crippen molar-refractivity contribution >= 4 is 18.0 Å². The first-order valence-corrected chi connectivity index (χ1v) is 8.14. The third-order valence-corrected chi connectivity index (χ3v) is 3.25. The van der Waals surface area contributed by atoms with E-state index in [0.717, 1.165) is 0 Å². The fourth-order valence-electron chi connectivity index (χ4n) is 2.01. The summed E-state index contributed by atoms with van der Waals surface area (Å²) in [6.07, 6.45) is 1.21. The van der Waals surface area contributed by atoms with E-state index >= 15 is 0 Å². The Morgan fingerprint density at radius 3 is 2.31 bits per heavy atom. The van der Waals surface area contributed by atoms with Crippen molar-refractivity contribution in [2.45, 2.75) is 13.3 Å². The van der Waals surface area contributed by atoms with Crippen LogP contribution in [0.2, 0.25) is 0 Å². The second-order valence-electron chi connectivity index (χ2n) is 5.15. The molecule has 0 bridgehead atoms. The van der Waals surface area contributed by atoms with E-state index < -0.39 is 6.16 Å². The lowest BCUT2D eigenvalue weighted by Gasteiger charge is -2.07. The van der Waals surface area contributed by atoms with Crippen molar-refractivity contribution in [3.63, 3.8) is 0 Å². The van der Waals surface area contributed by atoms with E-state index in [4.69, 9.17) is 9.15 Å². The van der Waals surface area contributed by atoms with Crippen LogP contribution in [0.25, 0.3) is 0 Å². The van der Waals surface area contributed by atoms with E-state index in [-0.39, 0.29) is 24.2 Å².